The molecule has 0 saturated carbocycles. The van der Waals surface area contributed by atoms with Crippen molar-refractivity contribution in [2.75, 3.05) is 32.7 Å². The Morgan fingerprint density at radius 3 is 2.76 bits per heavy atom. The number of nitrogens with zero attached hydrogens (tertiary/aromatic N) is 1. The number of hydrogen-bond donors (Lipinski definition) is 1. The van der Waals surface area contributed by atoms with Crippen molar-refractivity contribution in [1.82, 2.24) is 4.90 Å². The fourth-order valence-electron chi connectivity index (χ4n) is 2.26. The van der Waals surface area contributed by atoms with Crippen LogP contribution >= 0.6 is 11.8 Å². The highest BCUT2D eigenvalue weighted by atomic mass is 32.2. The molecule has 0 amide bonds. The van der Waals surface area contributed by atoms with Crippen molar-refractivity contribution in [3.63, 3.8) is 0 Å². The lowest BCUT2D eigenvalue weighted by Gasteiger charge is -2.26. The zero-order valence-electron chi connectivity index (χ0n) is 13.5. The van der Waals surface area contributed by atoms with Gasteiger partial charge in [0.1, 0.15) is 5.75 Å². The Hall–Kier alpha value is -1.15. The van der Waals surface area contributed by atoms with Gasteiger partial charge in [-0.05, 0) is 37.4 Å². The summed E-state index contributed by atoms with van der Waals surface area (Å²) in [6.07, 6.45) is 3.32. The molecule has 1 atom stereocenters. The zero-order valence-corrected chi connectivity index (χ0v) is 14.3. The fraction of sp³-hybridized carbons (Fsp3) is 0.529. The molecule has 4 heteroatoms. The molecule has 1 rings (SSSR count). The molecule has 0 heterocycles. The first-order valence-electron chi connectivity index (χ1n) is 7.21. The quantitative estimate of drug-likeness (QED) is 0.786. The van der Waals surface area contributed by atoms with Gasteiger partial charge in [0, 0.05) is 18.3 Å². The summed E-state index contributed by atoms with van der Waals surface area (Å²) in [6, 6.07) is 6.79. The number of hydrogen-bond acceptors (Lipinski definition) is 4. The van der Waals surface area contributed by atoms with Gasteiger partial charge in [-0.2, -0.15) is 11.8 Å². The maximum Gasteiger partial charge on any atom is 0.134 e. The van der Waals surface area contributed by atoms with Crippen LogP contribution in [-0.4, -0.2) is 43.7 Å². The molecule has 0 aliphatic rings. The summed E-state index contributed by atoms with van der Waals surface area (Å²) in [5.74, 6) is 7.94. The van der Waals surface area contributed by atoms with Gasteiger partial charge in [-0.15, -0.1) is 0 Å². The molecule has 0 aliphatic heterocycles. The van der Waals surface area contributed by atoms with Crippen LogP contribution in [0.5, 0.6) is 5.75 Å². The standard InChI is InChI=1S/C17H26N2OS/c1-5-16(13-21-4)19(2)12-14-8-9-17(20-3)15(11-14)7-6-10-18/h8-9,11,16H,5,10,12-13,18H2,1-4H3. The predicted octanol–water partition coefficient (Wildman–Crippen LogP) is 2.58. The number of thioether (sulfide) groups is 1. The van der Waals surface area contributed by atoms with Crippen LogP contribution in [0, 0.1) is 11.8 Å². The van der Waals surface area contributed by atoms with Gasteiger partial charge < -0.3 is 10.5 Å². The van der Waals surface area contributed by atoms with E-state index in [2.05, 4.69) is 49.1 Å². The Morgan fingerprint density at radius 1 is 1.43 bits per heavy atom. The second-order valence-corrected chi connectivity index (χ2v) is 5.88. The Balaban J connectivity index is 2.88. The highest BCUT2D eigenvalue weighted by Crippen LogP contribution is 2.20. The predicted molar refractivity (Wildman–Crippen MR) is 92.9 cm³/mol. The molecule has 1 aromatic carbocycles. The first-order valence-corrected chi connectivity index (χ1v) is 8.60. The molecular weight excluding hydrogens is 280 g/mol. The fourth-order valence-corrected chi connectivity index (χ4v) is 3.14. The molecule has 0 bridgehead atoms. The van der Waals surface area contributed by atoms with Crippen molar-refractivity contribution < 1.29 is 4.74 Å². The van der Waals surface area contributed by atoms with Gasteiger partial charge in [-0.25, -0.2) is 0 Å². The first kappa shape index (κ1) is 17.9. The lowest BCUT2D eigenvalue weighted by molar-refractivity contribution is 0.248. The summed E-state index contributed by atoms with van der Waals surface area (Å²) in [5, 5.41) is 0. The van der Waals surface area contributed by atoms with Crippen molar-refractivity contribution in [2.45, 2.75) is 25.9 Å². The highest BCUT2D eigenvalue weighted by molar-refractivity contribution is 7.98. The third kappa shape index (κ3) is 5.62. The van der Waals surface area contributed by atoms with Crippen LogP contribution in [0.25, 0.3) is 0 Å². The highest BCUT2D eigenvalue weighted by Gasteiger charge is 2.13. The zero-order chi connectivity index (χ0) is 15.7. The second kappa shape index (κ2) is 9.73. The molecule has 3 nitrogen and oxygen atoms in total. The normalized spacial score (nSPS) is 11.9. The minimum atomic E-state index is 0.360. The van der Waals surface area contributed by atoms with E-state index < -0.39 is 0 Å². The molecule has 0 saturated heterocycles. The molecule has 0 aromatic heterocycles. The molecule has 0 spiro atoms. The largest absolute Gasteiger partial charge is 0.495 e. The van der Waals surface area contributed by atoms with Crippen LogP contribution in [0.1, 0.15) is 24.5 Å². The van der Waals surface area contributed by atoms with E-state index >= 15 is 0 Å². The van der Waals surface area contributed by atoms with E-state index in [9.17, 15) is 0 Å². The molecule has 0 radical (unpaired) electrons. The lowest BCUT2D eigenvalue weighted by Crippen LogP contribution is -2.32. The van der Waals surface area contributed by atoms with Crippen molar-refractivity contribution in [3.8, 4) is 17.6 Å². The minimum Gasteiger partial charge on any atom is -0.495 e. The molecule has 0 aliphatic carbocycles. The Labute approximate surface area is 133 Å². The molecule has 1 unspecified atom stereocenters. The summed E-state index contributed by atoms with van der Waals surface area (Å²) >= 11 is 1.90. The van der Waals surface area contributed by atoms with Crippen molar-refractivity contribution >= 4 is 11.8 Å². The summed E-state index contributed by atoms with van der Waals surface area (Å²) in [6.45, 7) is 3.52. The van der Waals surface area contributed by atoms with Gasteiger partial charge in [-0.1, -0.05) is 24.8 Å². The number of rotatable bonds is 7. The average molecular weight is 306 g/mol. The Morgan fingerprint density at radius 2 is 2.19 bits per heavy atom. The van der Waals surface area contributed by atoms with E-state index in [0.29, 0.717) is 12.6 Å². The van der Waals surface area contributed by atoms with E-state index in [1.807, 2.05) is 17.8 Å². The maximum absolute atomic E-state index is 5.45. The van der Waals surface area contributed by atoms with E-state index in [1.165, 1.54) is 5.56 Å². The first-order chi connectivity index (χ1) is 10.2. The van der Waals surface area contributed by atoms with E-state index in [0.717, 1.165) is 30.0 Å². The number of ether oxygens (including phenoxy) is 1. The van der Waals surface area contributed by atoms with Gasteiger partial charge in [0.25, 0.3) is 0 Å². The molecule has 2 N–H and O–H groups in total. The number of benzene rings is 1. The van der Waals surface area contributed by atoms with Crippen molar-refractivity contribution in [1.29, 1.82) is 0 Å². The van der Waals surface area contributed by atoms with Crippen LogP contribution in [0.15, 0.2) is 18.2 Å². The van der Waals surface area contributed by atoms with E-state index in [-0.39, 0.29) is 0 Å². The summed E-state index contributed by atoms with van der Waals surface area (Å²) < 4.78 is 5.35. The van der Waals surface area contributed by atoms with Crippen LogP contribution in [0.4, 0.5) is 0 Å². The van der Waals surface area contributed by atoms with Gasteiger partial charge in [0.15, 0.2) is 0 Å². The van der Waals surface area contributed by atoms with Gasteiger partial charge in [0.05, 0.1) is 19.2 Å². The summed E-state index contributed by atoms with van der Waals surface area (Å²) in [7, 11) is 3.85. The van der Waals surface area contributed by atoms with Gasteiger partial charge >= 0.3 is 0 Å². The number of methoxy groups -OCH3 is 1. The Bertz CT molecular complexity index is 493. The molecule has 0 fully saturated rings. The maximum atomic E-state index is 5.45. The van der Waals surface area contributed by atoms with E-state index in [1.54, 1.807) is 7.11 Å². The average Bonchev–Trinajstić information content (AvgIpc) is 2.50. The third-order valence-electron chi connectivity index (χ3n) is 3.47. The SMILES string of the molecule is CCC(CSC)N(C)Cc1ccc(OC)c(C#CCN)c1. The van der Waals surface area contributed by atoms with Crippen molar-refractivity contribution in [2.24, 2.45) is 5.73 Å². The monoisotopic (exact) mass is 306 g/mol. The molecule has 21 heavy (non-hydrogen) atoms. The molecular formula is C17H26N2OS. The van der Waals surface area contributed by atoms with Crippen LogP contribution < -0.4 is 10.5 Å². The Kier molecular flexibility index (Phi) is 8.29. The third-order valence-corrected chi connectivity index (χ3v) is 4.19. The van der Waals surface area contributed by atoms with E-state index in [4.69, 9.17) is 10.5 Å². The smallest absolute Gasteiger partial charge is 0.134 e. The molecule has 116 valence electrons. The van der Waals surface area contributed by atoms with Crippen LogP contribution in [0.3, 0.4) is 0 Å². The molecule has 1 aromatic rings. The summed E-state index contributed by atoms with van der Waals surface area (Å²) in [4.78, 5) is 2.40. The van der Waals surface area contributed by atoms with Crippen LogP contribution in [-0.2, 0) is 6.54 Å². The van der Waals surface area contributed by atoms with Crippen molar-refractivity contribution in [3.05, 3.63) is 29.3 Å². The summed E-state index contributed by atoms with van der Waals surface area (Å²) in [5.41, 5.74) is 7.61. The van der Waals surface area contributed by atoms with Gasteiger partial charge in [0.2, 0.25) is 0 Å². The van der Waals surface area contributed by atoms with Gasteiger partial charge in [-0.3, -0.25) is 4.90 Å². The van der Waals surface area contributed by atoms with Crippen LogP contribution in [0.2, 0.25) is 0 Å². The topological polar surface area (TPSA) is 38.5 Å². The minimum absolute atomic E-state index is 0.360. The second-order valence-electron chi connectivity index (χ2n) is 4.97. The number of nitrogens with two attached hydrogens (primary N) is 1. The lowest BCUT2D eigenvalue weighted by atomic mass is 10.1.